The summed E-state index contributed by atoms with van der Waals surface area (Å²) in [5.74, 6) is 0.144. The molecule has 0 aromatic carbocycles. The third-order valence-electron chi connectivity index (χ3n) is 2.74. The highest BCUT2D eigenvalue weighted by Gasteiger charge is 2.25. The van der Waals surface area contributed by atoms with Crippen molar-refractivity contribution in [2.75, 3.05) is 25.5 Å². The molecule has 0 bridgehead atoms. The van der Waals surface area contributed by atoms with Crippen LogP contribution in [0.15, 0.2) is 12.0 Å². The molecule has 0 amide bonds. The van der Waals surface area contributed by atoms with Gasteiger partial charge in [-0.15, -0.1) is 0 Å². The van der Waals surface area contributed by atoms with Crippen molar-refractivity contribution in [3.8, 4) is 0 Å². The van der Waals surface area contributed by atoms with E-state index in [1.165, 1.54) is 0 Å². The zero-order chi connectivity index (χ0) is 11.5. The summed E-state index contributed by atoms with van der Waals surface area (Å²) in [5.41, 5.74) is 0. The first-order valence-corrected chi connectivity index (χ1v) is 6.86. The summed E-state index contributed by atoms with van der Waals surface area (Å²) < 4.78 is 27.9. The molecule has 1 aliphatic rings. The molecule has 1 heterocycles. The highest BCUT2D eigenvalue weighted by atomic mass is 32.2. The van der Waals surface area contributed by atoms with E-state index in [9.17, 15) is 8.42 Å². The maximum atomic E-state index is 11.3. The molecular weight excluding hydrogens is 214 g/mol. The predicted molar refractivity (Wildman–Crippen MR) is 60.4 cm³/mol. The molecule has 0 aromatic rings. The Morgan fingerprint density at radius 1 is 1.40 bits per heavy atom. The zero-order valence-electron chi connectivity index (χ0n) is 9.35. The normalized spacial score (nSPS) is 28.9. The van der Waals surface area contributed by atoms with E-state index in [2.05, 4.69) is 25.3 Å². The van der Waals surface area contributed by atoms with E-state index in [0.29, 0.717) is 19.8 Å². The van der Waals surface area contributed by atoms with Gasteiger partial charge in [-0.1, -0.05) is 6.58 Å². The lowest BCUT2D eigenvalue weighted by atomic mass is 10.2. The van der Waals surface area contributed by atoms with Crippen LogP contribution >= 0.6 is 0 Å². The average molecular weight is 233 g/mol. The second-order valence-corrected chi connectivity index (χ2v) is 6.07. The fourth-order valence-corrected chi connectivity index (χ4v) is 2.42. The summed E-state index contributed by atoms with van der Waals surface area (Å²) in [6.07, 6.45) is 0. The second kappa shape index (κ2) is 5.09. The van der Waals surface area contributed by atoms with Crippen LogP contribution in [0.2, 0.25) is 0 Å². The van der Waals surface area contributed by atoms with Crippen molar-refractivity contribution in [3.05, 3.63) is 12.0 Å². The van der Waals surface area contributed by atoms with Crippen LogP contribution in [0.4, 0.5) is 0 Å². The fraction of sp³-hybridized carbons (Fsp3) is 0.800. The minimum atomic E-state index is -3.08. The number of hydrogen-bond acceptors (Lipinski definition) is 4. The van der Waals surface area contributed by atoms with Gasteiger partial charge in [0.05, 0.1) is 19.0 Å². The minimum Gasteiger partial charge on any atom is -0.378 e. The number of nitrogens with zero attached hydrogens (tertiary/aromatic N) is 1. The van der Waals surface area contributed by atoms with Gasteiger partial charge in [-0.25, -0.2) is 8.42 Å². The van der Waals surface area contributed by atoms with Gasteiger partial charge >= 0.3 is 0 Å². The summed E-state index contributed by atoms with van der Waals surface area (Å²) in [4.78, 5) is 2.17. The van der Waals surface area contributed by atoms with Crippen LogP contribution in [0.5, 0.6) is 0 Å². The predicted octanol–water partition coefficient (Wildman–Crippen LogP) is 0.654. The molecule has 0 spiro atoms. The van der Waals surface area contributed by atoms with Gasteiger partial charge in [0.1, 0.15) is 0 Å². The Kier molecular flexibility index (Phi) is 4.31. The quantitative estimate of drug-likeness (QED) is 0.715. The van der Waals surface area contributed by atoms with E-state index >= 15 is 0 Å². The van der Waals surface area contributed by atoms with Crippen molar-refractivity contribution < 1.29 is 13.2 Å². The van der Waals surface area contributed by atoms with Gasteiger partial charge in [-0.3, -0.25) is 4.90 Å². The molecule has 15 heavy (non-hydrogen) atoms. The molecule has 0 saturated carbocycles. The maximum absolute atomic E-state index is 11.3. The Morgan fingerprint density at radius 3 is 2.40 bits per heavy atom. The second-order valence-electron chi connectivity index (χ2n) is 4.01. The van der Waals surface area contributed by atoms with E-state index in [0.717, 1.165) is 5.41 Å². The van der Waals surface area contributed by atoms with Crippen LogP contribution < -0.4 is 0 Å². The Balaban J connectivity index is 2.52. The topological polar surface area (TPSA) is 46.6 Å². The molecule has 1 fully saturated rings. The summed E-state index contributed by atoms with van der Waals surface area (Å²) in [7, 11) is -3.08. The number of sulfone groups is 1. The lowest BCUT2D eigenvalue weighted by Gasteiger charge is -2.38. The van der Waals surface area contributed by atoms with Crippen molar-refractivity contribution in [1.82, 2.24) is 4.90 Å². The molecule has 1 saturated heterocycles. The van der Waals surface area contributed by atoms with Crippen LogP contribution in [0.1, 0.15) is 13.8 Å². The summed E-state index contributed by atoms with van der Waals surface area (Å²) in [6, 6.07) is 0.572. The Hall–Kier alpha value is -0.390. The van der Waals surface area contributed by atoms with Crippen LogP contribution in [0.3, 0.4) is 0 Å². The Bertz CT molecular complexity index is 303. The summed E-state index contributed by atoms with van der Waals surface area (Å²) >= 11 is 0. The first-order valence-electron chi connectivity index (χ1n) is 5.15. The highest BCUT2D eigenvalue weighted by molar-refractivity contribution is 7.94. The first-order chi connectivity index (χ1) is 6.96. The Labute approximate surface area is 91.8 Å². The average Bonchev–Trinajstić information content (AvgIpc) is 2.17. The molecule has 0 aromatic heterocycles. The highest BCUT2D eigenvalue weighted by Crippen LogP contribution is 2.12. The molecule has 88 valence electrons. The van der Waals surface area contributed by atoms with E-state index < -0.39 is 9.84 Å². The smallest absolute Gasteiger partial charge is 0.172 e. The fourth-order valence-electron chi connectivity index (χ4n) is 1.79. The molecule has 5 heteroatoms. The minimum absolute atomic E-state index is 0.144. The van der Waals surface area contributed by atoms with Crippen molar-refractivity contribution >= 4 is 9.84 Å². The molecule has 4 nitrogen and oxygen atoms in total. The standard InChI is InChI=1S/C10H19NO3S/c1-4-15(12,13)6-5-11-9(2)7-14-8-10(11)3/h4,9-10H,1,5-8H2,2-3H3. The van der Waals surface area contributed by atoms with Gasteiger partial charge in [-0.05, 0) is 13.8 Å². The van der Waals surface area contributed by atoms with E-state index in [1.807, 2.05) is 0 Å². The lowest BCUT2D eigenvalue weighted by molar-refractivity contribution is -0.0334. The van der Waals surface area contributed by atoms with Gasteiger partial charge in [-0.2, -0.15) is 0 Å². The SMILES string of the molecule is C=CS(=O)(=O)CCN1C(C)COCC1C. The van der Waals surface area contributed by atoms with E-state index in [-0.39, 0.29) is 17.8 Å². The number of ether oxygens (including phenoxy) is 1. The van der Waals surface area contributed by atoms with Gasteiger partial charge in [0, 0.05) is 24.0 Å². The van der Waals surface area contributed by atoms with Gasteiger partial charge < -0.3 is 4.74 Å². The number of morpholine rings is 1. The van der Waals surface area contributed by atoms with Crippen LogP contribution in [0.25, 0.3) is 0 Å². The molecule has 0 radical (unpaired) electrons. The largest absolute Gasteiger partial charge is 0.378 e. The van der Waals surface area contributed by atoms with Gasteiger partial charge in [0.15, 0.2) is 9.84 Å². The van der Waals surface area contributed by atoms with Crippen molar-refractivity contribution in [1.29, 1.82) is 0 Å². The van der Waals surface area contributed by atoms with Crippen molar-refractivity contribution in [2.45, 2.75) is 25.9 Å². The van der Waals surface area contributed by atoms with E-state index in [1.54, 1.807) is 0 Å². The number of rotatable bonds is 4. The van der Waals surface area contributed by atoms with Gasteiger partial charge in [0.25, 0.3) is 0 Å². The lowest BCUT2D eigenvalue weighted by Crippen LogP contribution is -2.50. The first kappa shape index (κ1) is 12.7. The third kappa shape index (κ3) is 3.59. The monoisotopic (exact) mass is 233 g/mol. The zero-order valence-corrected chi connectivity index (χ0v) is 10.2. The van der Waals surface area contributed by atoms with Crippen LogP contribution in [-0.2, 0) is 14.6 Å². The molecule has 2 atom stereocenters. The summed E-state index contributed by atoms with van der Waals surface area (Å²) in [6.45, 7) is 9.32. The molecular formula is C10H19NO3S. The van der Waals surface area contributed by atoms with Crippen LogP contribution in [0, 0.1) is 0 Å². The van der Waals surface area contributed by atoms with E-state index in [4.69, 9.17) is 4.74 Å². The molecule has 1 aliphatic heterocycles. The Morgan fingerprint density at radius 2 is 1.93 bits per heavy atom. The number of hydrogen-bond donors (Lipinski definition) is 0. The van der Waals surface area contributed by atoms with Crippen LogP contribution in [-0.4, -0.2) is 50.9 Å². The van der Waals surface area contributed by atoms with Crippen molar-refractivity contribution in [2.24, 2.45) is 0 Å². The maximum Gasteiger partial charge on any atom is 0.172 e. The molecule has 1 rings (SSSR count). The third-order valence-corrected chi connectivity index (χ3v) is 4.00. The molecule has 0 N–H and O–H groups in total. The molecule has 0 aliphatic carbocycles. The summed E-state index contributed by atoms with van der Waals surface area (Å²) in [5, 5.41) is 1.03. The van der Waals surface area contributed by atoms with Gasteiger partial charge in [0.2, 0.25) is 0 Å². The molecule has 2 unspecified atom stereocenters. The van der Waals surface area contributed by atoms with Crippen molar-refractivity contribution in [3.63, 3.8) is 0 Å².